The maximum atomic E-state index is 11.1. The fraction of sp³-hybridized carbons (Fsp3) is 1.00. The summed E-state index contributed by atoms with van der Waals surface area (Å²) >= 11 is 0. The lowest BCUT2D eigenvalue weighted by Crippen LogP contribution is -3.17. The van der Waals surface area contributed by atoms with E-state index in [2.05, 4.69) is 19.3 Å². The van der Waals surface area contributed by atoms with Gasteiger partial charge in [-0.2, -0.15) is 5.43 Å². The van der Waals surface area contributed by atoms with Crippen molar-refractivity contribution < 1.29 is 5.17 Å². The van der Waals surface area contributed by atoms with E-state index in [0.717, 1.165) is 6.42 Å². The third-order valence-corrected chi connectivity index (χ3v) is 1.83. The molecule has 0 rings (SSSR count). The minimum Gasteiger partial charge on any atom is -0.613 e. The summed E-state index contributed by atoms with van der Waals surface area (Å²) in [5.41, 5.74) is 2.66. The molecule has 0 bridgehead atoms. The molecule has 0 radical (unpaired) electrons. The zero-order chi connectivity index (χ0) is 8.15. The van der Waals surface area contributed by atoms with Crippen molar-refractivity contribution in [2.24, 2.45) is 5.92 Å². The van der Waals surface area contributed by atoms with E-state index in [1.807, 2.05) is 6.92 Å². The average Bonchev–Trinajstić information content (AvgIpc) is 1.88. The predicted octanol–water partition coefficient (Wildman–Crippen LogP) is -0.0619. The van der Waals surface area contributed by atoms with E-state index >= 15 is 0 Å². The lowest BCUT2D eigenvalue weighted by Gasteiger charge is -2.31. The second-order valence-electron chi connectivity index (χ2n) is 2.87. The first kappa shape index (κ1) is 9.88. The van der Waals surface area contributed by atoms with E-state index in [1.165, 1.54) is 0 Å². The summed E-state index contributed by atoms with van der Waals surface area (Å²) in [6, 6.07) is 0.185. The van der Waals surface area contributed by atoms with Gasteiger partial charge in [0.15, 0.2) is 0 Å². The van der Waals surface area contributed by atoms with Gasteiger partial charge in [0.25, 0.3) is 0 Å². The highest BCUT2D eigenvalue weighted by atomic mass is 16.5. The van der Waals surface area contributed by atoms with Crippen LogP contribution in [0.1, 0.15) is 27.2 Å². The zero-order valence-electron chi connectivity index (χ0n) is 7.27. The Balaban J connectivity index is 3.80. The van der Waals surface area contributed by atoms with Crippen LogP contribution in [-0.4, -0.2) is 13.1 Å². The van der Waals surface area contributed by atoms with Crippen molar-refractivity contribution in [1.82, 2.24) is 5.43 Å². The lowest BCUT2D eigenvalue weighted by molar-refractivity contribution is -0.923. The maximum Gasteiger partial charge on any atom is 0.107 e. The molecule has 0 aromatic rings. The molecule has 2 N–H and O–H groups in total. The van der Waals surface area contributed by atoms with Gasteiger partial charge in [0.05, 0.1) is 0 Å². The highest BCUT2D eigenvalue weighted by Gasteiger charge is 2.16. The highest BCUT2D eigenvalue weighted by molar-refractivity contribution is 4.56. The molecule has 0 fully saturated rings. The fourth-order valence-electron chi connectivity index (χ4n) is 1.14. The SMILES string of the molecule is CC[C@@H](C(C)C)[NH+]([O-])NC. The van der Waals surface area contributed by atoms with Crippen LogP contribution in [0.5, 0.6) is 0 Å². The van der Waals surface area contributed by atoms with Crippen LogP contribution >= 0.6 is 0 Å². The van der Waals surface area contributed by atoms with Crippen molar-refractivity contribution in [3.8, 4) is 0 Å². The molecule has 10 heavy (non-hydrogen) atoms. The van der Waals surface area contributed by atoms with Gasteiger partial charge < -0.3 is 5.21 Å². The molecule has 0 saturated carbocycles. The van der Waals surface area contributed by atoms with Crippen molar-refractivity contribution in [2.75, 3.05) is 7.05 Å². The number of nitrogens with one attached hydrogen (secondary N) is 2. The molecule has 0 aliphatic carbocycles. The zero-order valence-corrected chi connectivity index (χ0v) is 7.27. The third-order valence-electron chi connectivity index (χ3n) is 1.83. The first-order chi connectivity index (χ1) is 4.63. The molecule has 3 heteroatoms. The number of hydrogen-bond acceptors (Lipinski definition) is 2. The molecular weight excluding hydrogens is 128 g/mol. The van der Waals surface area contributed by atoms with Gasteiger partial charge in [-0.1, -0.05) is 20.8 Å². The van der Waals surface area contributed by atoms with Crippen molar-refractivity contribution in [1.29, 1.82) is 0 Å². The number of rotatable bonds is 4. The molecule has 0 amide bonds. The molecule has 2 atom stereocenters. The molecule has 62 valence electrons. The molecule has 0 heterocycles. The van der Waals surface area contributed by atoms with Gasteiger partial charge in [0.2, 0.25) is 0 Å². The Hall–Kier alpha value is -0.120. The van der Waals surface area contributed by atoms with Crippen LogP contribution in [0.15, 0.2) is 0 Å². The molecular formula is C7H18N2O. The fourth-order valence-corrected chi connectivity index (χ4v) is 1.14. The first-order valence-electron chi connectivity index (χ1n) is 3.85. The first-order valence-corrected chi connectivity index (χ1v) is 3.85. The van der Waals surface area contributed by atoms with E-state index in [0.29, 0.717) is 5.92 Å². The highest BCUT2D eigenvalue weighted by Crippen LogP contribution is 2.00. The van der Waals surface area contributed by atoms with Crippen molar-refractivity contribution in [3.63, 3.8) is 0 Å². The quantitative estimate of drug-likeness (QED) is 0.545. The van der Waals surface area contributed by atoms with Crippen LogP contribution in [0.25, 0.3) is 0 Å². The van der Waals surface area contributed by atoms with E-state index in [4.69, 9.17) is 0 Å². The van der Waals surface area contributed by atoms with Crippen LogP contribution in [0.3, 0.4) is 0 Å². The van der Waals surface area contributed by atoms with Crippen LogP contribution in [0.2, 0.25) is 0 Å². The molecule has 0 aliphatic heterocycles. The second kappa shape index (κ2) is 4.66. The molecule has 1 unspecified atom stereocenters. The second-order valence-corrected chi connectivity index (χ2v) is 2.87. The molecule has 0 aromatic carbocycles. The summed E-state index contributed by atoms with van der Waals surface area (Å²) in [5, 5.41) is 11.2. The Morgan fingerprint density at radius 1 is 1.50 bits per heavy atom. The maximum absolute atomic E-state index is 11.1. The third kappa shape index (κ3) is 2.64. The van der Waals surface area contributed by atoms with Crippen LogP contribution in [0.4, 0.5) is 0 Å². The molecule has 3 nitrogen and oxygen atoms in total. The van der Waals surface area contributed by atoms with Crippen molar-refractivity contribution >= 4 is 0 Å². The summed E-state index contributed by atoms with van der Waals surface area (Å²) in [4.78, 5) is 0. The van der Waals surface area contributed by atoms with E-state index in [9.17, 15) is 5.21 Å². The van der Waals surface area contributed by atoms with Gasteiger partial charge in [-0.05, 0) is 6.42 Å². The molecule has 0 saturated heterocycles. The summed E-state index contributed by atoms with van der Waals surface area (Å²) in [5.74, 6) is 0.449. The normalized spacial score (nSPS) is 17.4. The van der Waals surface area contributed by atoms with Gasteiger partial charge >= 0.3 is 0 Å². The van der Waals surface area contributed by atoms with Crippen LogP contribution in [-0.2, 0) is 0 Å². The topological polar surface area (TPSA) is 39.5 Å². The Morgan fingerprint density at radius 3 is 2.10 bits per heavy atom. The van der Waals surface area contributed by atoms with E-state index in [1.54, 1.807) is 7.05 Å². The number of quaternary nitrogens is 1. The van der Waals surface area contributed by atoms with Gasteiger partial charge in [0, 0.05) is 13.0 Å². The van der Waals surface area contributed by atoms with Crippen molar-refractivity contribution in [3.05, 3.63) is 5.21 Å². The standard InChI is InChI=1S/C7H18N2O/c1-5-7(6(2)3)9(10)8-4/h6-9H,5H2,1-4H3/t7-/m0/s1. The van der Waals surface area contributed by atoms with Crippen LogP contribution < -0.4 is 10.6 Å². The monoisotopic (exact) mass is 146 g/mol. The smallest absolute Gasteiger partial charge is 0.107 e. The molecule has 0 spiro atoms. The van der Waals surface area contributed by atoms with Gasteiger partial charge in [-0.3, -0.25) is 5.17 Å². The van der Waals surface area contributed by atoms with Crippen molar-refractivity contribution in [2.45, 2.75) is 33.2 Å². The van der Waals surface area contributed by atoms with Gasteiger partial charge in [-0.25, -0.2) is 0 Å². The molecule has 0 aromatic heterocycles. The number of hydroxylamine groups is 1. The lowest BCUT2D eigenvalue weighted by atomic mass is 10.0. The minimum absolute atomic E-state index is 0.164. The van der Waals surface area contributed by atoms with E-state index in [-0.39, 0.29) is 11.2 Å². The predicted molar refractivity (Wildman–Crippen MR) is 42.3 cm³/mol. The Morgan fingerprint density at radius 2 is 2.00 bits per heavy atom. The summed E-state index contributed by atoms with van der Waals surface area (Å²) in [6.07, 6.45) is 0.928. The Bertz CT molecular complexity index is 85.7. The Labute approximate surface area is 63.0 Å². The average molecular weight is 146 g/mol. The van der Waals surface area contributed by atoms with Gasteiger partial charge in [-0.15, -0.1) is 0 Å². The molecule has 0 aliphatic rings. The van der Waals surface area contributed by atoms with E-state index < -0.39 is 0 Å². The Kier molecular flexibility index (Phi) is 4.60. The van der Waals surface area contributed by atoms with Gasteiger partial charge in [0.1, 0.15) is 6.04 Å². The summed E-state index contributed by atoms with van der Waals surface area (Å²) in [7, 11) is 1.69. The number of hydrogen-bond donors (Lipinski definition) is 2. The summed E-state index contributed by atoms with van der Waals surface area (Å²) < 4.78 is 0. The minimum atomic E-state index is 0.164. The van der Waals surface area contributed by atoms with Crippen LogP contribution in [0, 0.1) is 11.1 Å². The summed E-state index contributed by atoms with van der Waals surface area (Å²) in [6.45, 7) is 6.19. The largest absolute Gasteiger partial charge is 0.613 e.